The van der Waals surface area contributed by atoms with Gasteiger partial charge in [0, 0.05) is 23.9 Å². The van der Waals surface area contributed by atoms with E-state index >= 15 is 0 Å². The molecule has 0 aliphatic heterocycles. The molecule has 5 N–H and O–H groups in total. The summed E-state index contributed by atoms with van der Waals surface area (Å²) >= 11 is 0. The fourth-order valence-corrected chi connectivity index (χ4v) is 8.00. The zero-order valence-electron chi connectivity index (χ0n) is 20.3. The lowest BCUT2D eigenvalue weighted by molar-refractivity contribution is -0.0960. The molecule has 6 saturated carbocycles. The first-order valence-corrected chi connectivity index (χ1v) is 12.2. The van der Waals surface area contributed by atoms with E-state index < -0.39 is 0 Å². The summed E-state index contributed by atoms with van der Waals surface area (Å²) in [6.07, 6.45) is 6.23. The van der Waals surface area contributed by atoms with Crippen LogP contribution in [0.5, 0.6) is 0 Å². The van der Waals surface area contributed by atoms with E-state index in [9.17, 15) is 10.4 Å². The van der Waals surface area contributed by atoms with Crippen LogP contribution in [0, 0.1) is 45.3 Å². The van der Waals surface area contributed by atoms with Crippen molar-refractivity contribution in [3.05, 3.63) is 0 Å². The minimum atomic E-state index is -0.0455. The standard InChI is InChI=1S/C24H43N5O2/c1-21(2)15-11-17(21)23(5,19(13-15)27-30)7-9-25-29-26-10-8-24(6)18-12-16(22(18,3)4)14-20(24)28-31/h15-18,25-26,29-31H,7-14H2,1-6H3/b27-19+,28-20+/t15-,16-,17-,18-,23-,24-/m0/s1. The largest absolute Gasteiger partial charge is 0.411 e. The first kappa shape index (κ1) is 23.0. The Hall–Kier alpha value is -1.18. The first-order valence-electron chi connectivity index (χ1n) is 12.2. The average molecular weight is 434 g/mol. The molecule has 0 spiro atoms. The molecule has 0 saturated heterocycles. The van der Waals surface area contributed by atoms with Crippen LogP contribution in [0.1, 0.15) is 80.1 Å². The van der Waals surface area contributed by atoms with Crippen LogP contribution in [-0.4, -0.2) is 34.9 Å². The Morgan fingerprint density at radius 1 is 0.742 bits per heavy atom. The summed E-state index contributed by atoms with van der Waals surface area (Å²) in [6, 6.07) is 0. The van der Waals surface area contributed by atoms with Gasteiger partial charge in [0.25, 0.3) is 0 Å². The number of nitrogens with one attached hydrogen (secondary N) is 3. The van der Waals surface area contributed by atoms with E-state index in [1.165, 1.54) is 12.8 Å². The van der Waals surface area contributed by atoms with Gasteiger partial charge >= 0.3 is 0 Å². The second-order valence-electron chi connectivity index (χ2n) is 12.4. The molecule has 0 aromatic heterocycles. The molecule has 4 bridgehead atoms. The molecular formula is C24H43N5O2. The number of rotatable bonds is 8. The number of hydrogen-bond acceptors (Lipinski definition) is 7. The maximum absolute atomic E-state index is 9.57. The Balaban J connectivity index is 1.22. The van der Waals surface area contributed by atoms with Crippen molar-refractivity contribution >= 4 is 11.4 Å². The zero-order valence-corrected chi connectivity index (χ0v) is 20.3. The molecule has 6 rings (SSSR count). The summed E-state index contributed by atoms with van der Waals surface area (Å²) in [5.41, 5.74) is 12.3. The maximum atomic E-state index is 9.57. The highest BCUT2D eigenvalue weighted by Gasteiger charge is 2.62. The van der Waals surface area contributed by atoms with Crippen LogP contribution < -0.4 is 16.4 Å². The highest BCUT2D eigenvalue weighted by atomic mass is 16.4. The molecular weight excluding hydrogens is 390 g/mol. The van der Waals surface area contributed by atoms with Crippen LogP contribution in [0.2, 0.25) is 0 Å². The lowest BCUT2D eigenvalue weighted by Gasteiger charge is -2.64. The number of hydrogen-bond donors (Lipinski definition) is 5. The maximum Gasteiger partial charge on any atom is 0.0636 e. The number of oxime groups is 2. The van der Waals surface area contributed by atoms with Crippen molar-refractivity contribution in [3.8, 4) is 0 Å². The van der Waals surface area contributed by atoms with E-state index in [2.05, 4.69) is 68.2 Å². The molecule has 0 radical (unpaired) electrons. The number of nitrogens with zero attached hydrogens (tertiary/aromatic N) is 2. The highest BCUT2D eigenvalue weighted by Crippen LogP contribution is 2.66. The Kier molecular flexibility index (Phi) is 5.71. The third-order valence-corrected chi connectivity index (χ3v) is 10.6. The molecule has 0 aromatic carbocycles. The molecule has 6 aliphatic rings. The minimum absolute atomic E-state index is 0.0455. The predicted octanol–water partition coefficient (Wildman–Crippen LogP) is 4.17. The van der Waals surface area contributed by atoms with Gasteiger partial charge in [0.1, 0.15) is 0 Å². The summed E-state index contributed by atoms with van der Waals surface area (Å²) in [6.45, 7) is 15.6. The topological polar surface area (TPSA) is 101 Å². The minimum Gasteiger partial charge on any atom is -0.411 e. The van der Waals surface area contributed by atoms with Crippen molar-refractivity contribution in [1.29, 1.82) is 0 Å². The van der Waals surface area contributed by atoms with Gasteiger partial charge in [0.05, 0.1) is 11.4 Å². The van der Waals surface area contributed by atoms with Crippen LogP contribution in [0.3, 0.4) is 0 Å². The lowest BCUT2D eigenvalue weighted by atomic mass is 9.40. The van der Waals surface area contributed by atoms with Gasteiger partial charge in [-0.2, -0.15) is 5.53 Å². The van der Waals surface area contributed by atoms with Crippen molar-refractivity contribution in [3.63, 3.8) is 0 Å². The summed E-state index contributed by atoms with van der Waals surface area (Å²) in [5, 5.41) is 26.5. The van der Waals surface area contributed by atoms with E-state index in [0.717, 1.165) is 50.2 Å². The second-order valence-corrected chi connectivity index (χ2v) is 12.4. The Morgan fingerprint density at radius 2 is 1.13 bits per heavy atom. The molecule has 7 nitrogen and oxygen atoms in total. The molecule has 6 atom stereocenters. The fourth-order valence-electron chi connectivity index (χ4n) is 8.00. The Morgan fingerprint density at radius 3 is 1.45 bits per heavy atom. The van der Waals surface area contributed by atoms with E-state index in [1.807, 2.05) is 0 Å². The average Bonchev–Trinajstić information content (AvgIpc) is 2.72. The molecule has 7 heteroatoms. The number of fused-ring (bicyclic) bond motifs is 4. The van der Waals surface area contributed by atoms with Gasteiger partial charge in [0.2, 0.25) is 0 Å². The third kappa shape index (κ3) is 3.34. The van der Waals surface area contributed by atoms with E-state index in [-0.39, 0.29) is 10.8 Å². The van der Waals surface area contributed by atoms with Crippen molar-refractivity contribution in [2.75, 3.05) is 13.1 Å². The number of hydrazine groups is 2. The van der Waals surface area contributed by atoms with Crippen molar-refractivity contribution < 1.29 is 10.4 Å². The van der Waals surface area contributed by atoms with E-state index in [1.54, 1.807) is 0 Å². The lowest BCUT2D eigenvalue weighted by Crippen LogP contribution is -2.62. The molecule has 176 valence electrons. The predicted molar refractivity (Wildman–Crippen MR) is 123 cm³/mol. The van der Waals surface area contributed by atoms with Crippen molar-refractivity contribution in [2.45, 2.75) is 80.1 Å². The zero-order chi connectivity index (χ0) is 22.7. The van der Waals surface area contributed by atoms with Crippen LogP contribution in [0.25, 0.3) is 0 Å². The fraction of sp³-hybridized carbons (Fsp3) is 0.917. The van der Waals surface area contributed by atoms with Gasteiger partial charge < -0.3 is 10.4 Å². The molecule has 0 aromatic rings. The molecule has 0 heterocycles. The highest BCUT2D eigenvalue weighted by molar-refractivity contribution is 5.92. The van der Waals surface area contributed by atoms with Crippen LogP contribution in [-0.2, 0) is 0 Å². The van der Waals surface area contributed by atoms with Crippen LogP contribution in [0.15, 0.2) is 10.3 Å². The summed E-state index contributed by atoms with van der Waals surface area (Å²) in [4.78, 5) is 0. The van der Waals surface area contributed by atoms with Crippen molar-refractivity contribution in [1.82, 2.24) is 16.4 Å². The van der Waals surface area contributed by atoms with Crippen LogP contribution >= 0.6 is 0 Å². The van der Waals surface area contributed by atoms with Gasteiger partial charge in [-0.15, -0.1) is 0 Å². The SMILES string of the molecule is CC1(C)[C@@H]2C/C(=N\O)[C@@](C)(CCNNNCC[C@]3(C)/C(=N/O)C[C@@H]4C[C@H]3C4(C)C)[C@H]1C2. The van der Waals surface area contributed by atoms with Gasteiger partial charge in [-0.25, -0.2) is 10.9 Å². The molecule has 0 unspecified atom stereocenters. The van der Waals surface area contributed by atoms with E-state index in [4.69, 9.17) is 0 Å². The first-order chi connectivity index (χ1) is 14.5. The molecule has 0 amide bonds. The van der Waals surface area contributed by atoms with Crippen LogP contribution in [0.4, 0.5) is 0 Å². The summed E-state index contributed by atoms with van der Waals surface area (Å²) < 4.78 is 0. The molecule has 6 aliphatic carbocycles. The normalized spacial score (nSPS) is 44.7. The quantitative estimate of drug-likeness (QED) is 0.225. The monoisotopic (exact) mass is 433 g/mol. The molecule has 6 fully saturated rings. The summed E-state index contributed by atoms with van der Waals surface area (Å²) in [7, 11) is 0. The van der Waals surface area contributed by atoms with Gasteiger partial charge in [-0.3, -0.25) is 0 Å². The molecule has 31 heavy (non-hydrogen) atoms. The summed E-state index contributed by atoms with van der Waals surface area (Å²) in [5.74, 6) is 2.48. The van der Waals surface area contributed by atoms with Gasteiger partial charge in [-0.1, -0.05) is 51.9 Å². The van der Waals surface area contributed by atoms with Gasteiger partial charge in [-0.05, 0) is 73.0 Å². The van der Waals surface area contributed by atoms with Crippen molar-refractivity contribution in [2.24, 2.45) is 55.6 Å². The van der Waals surface area contributed by atoms with E-state index in [0.29, 0.717) is 34.5 Å². The Bertz CT molecular complexity index is 701. The smallest absolute Gasteiger partial charge is 0.0636 e. The second kappa shape index (κ2) is 7.70. The van der Waals surface area contributed by atoms with Gasteiger partial charge in [0.15, 0.2) is 0 Å². The third-order valence-electron chi connectivity index (χ3n) is 10.6. The Labute approximate surface area is 187 Å².